The molecule has 0 bridgehead atoms. The zero-order valence-corrected chi connectivity index (χ0v) is 16.5. The summed E-state index contributed by atoms with van der Waals surface area (Å²) in [6, 6.07) is 8.81. The topological polar surface area (TPSA) is 62.4 Å². The Hall–Kier alpha value is -1.50. The van der Waals surface area contributed by atoms with Gasteiger partial charge < -0.3 is 10.3 Å². The summed E-state index contributed by atoms with van der Waals surface area (Å²) in [7, 11) is 0. The average molecular weight is 419 g/mol. The molecule has 0 spiro atoms. The molecule has 3 N–H and O–H groups in total. The molecule has 0 unspecified atom stereocenters. The Labute approximate surface area is 158 Å². The molecule has 0 fully saturated rings. The molecule has 4 rings (SSSR count). The Morgan fingerprint density at radius 2 is 2.12 bits per heavy atom. The zero-order chi connectivity index (χ0) is 17.4. The first kappa shape index (κ1) is 16.9. The minimum Gasteiger partial charge on any atom is -0.334 e. The smallest absolute Gasteiger partial charge is 0.260 e. The number of nitrogens with zero attached hydrogens (tertiary/aromatic N) is 1. The number of nitrogens with two attached hydrogens (primary N) is 1. The minimum atomic E-state index is 0.0319. The number of halogens is 1. The molecule has 3 aromatic rings. The molecule has 4 nitrogen and oxygen atoms in total. The van der Waals surface area contributed by atoms with E-state index in [1.54, 1.807) is 11.3 Å². The molecule has 2 heterocycles. The summed E-state index contributed by atoms with van der Waals surface area (Å²) in [6.45, 7) is 2.87. The van der Waals surface area contributed by atoms with Crippen LogP contribution < -0.4 is 10.9 Å². The highest BCUT2D eigenvalue weighted by atomic mass is 79.9. The van der Waals surface area contributed by atoms with Crippen molar-refractivity contribution in [3.63, 3.8) is 0 Å². The van der Waals surface area contributed by atoms with E-state index in [1.807, 2.05) is 0 Å². The van der Waals surface area contributed by atoms with E-state index in [0.29, 0.717) is 12.6 Å². The molecule has 0 saturated carbocycles. The van der Waals surface area contributed by atoms with Crippen LogP contribution in [-0.2, 0) is 19.4 Å². The van der Waals surface area contributed by atoms with Gasteiger partial charge >= 0.3 is 0 Å². The third-order valence-electron chi connectivity index (χ3n) is 4.96. The number of aromatic amines is 1. The van der Waals surface area contributed by atoms with Crippen molar-refractivity contribution in [2.24, 2.45) is 0 Å². The highest BCUT2D eigenvalue weighted by Gasteiger charge is 2.21. The van der Waals surface area contributed by atoms with Gasteiger partial charge in [0, 0.05) is 21.3 Å². The Bertz CT molecular complexity index is 961. The largest absolute Gasteiger partial charge is 0.334 e. The number of hydrogen-bond donors (Lipinski definition) is 2. The fourth-order valence-corrected chi connectivity index (χ4v) is 5.19. The molecule has 1 aliphatic rings. The molecule has 0 saturated heterocycles. The van der Waals surface area contributed by atoms with Gasteiger partial charge in [0.2, 0.25) is 0 Å². The van der Waals surface area contributed by atoms with Gasteiger partial charge in [0.1, 0.15) is 17.4 Å². The van der Waals surface area contributed by atoms with E-state index in [4.69, 9.17) is 4.98 Å². The lowest BCUT2D eigenvalue weighted by Gasteiger charge is -2.14. The van der Waals surface area contributed by atoms with Gasteiger partial charge in [0.15, 0.2) is 5.82 Å². The number of fused-ring (bicyclic) bond motifs is 3. The Morgan fingerprint density at radius 1 is 1.32 bits per heavy atom. The van der Waals surface area contributed by atoms with Crippen molar-refractivity contribution in [1.82, 2.24) is 9.97 Å². The number of aromatic nitrogens is 2. The molecule has 1 atom stereocenters. The lowest BCUT2D eigenvalue weighted by atomic mass is 10.0. The van der Waals surface area contributed by atoms with Crippen molar-refractivity contribution in [2.75, 3.05) is 0 Å². The molecule has 0 aliphatic heterocycles. The van der Waals surface area contributed by atoms with Crippen LogP contribution in [0.3, 0.4) is 0 Å². The van der Waals surface area contributed by atoms with Crippen molar-refractivity contribution in [1.29, 1.82) is 0 Å². The molecule has 1 aliphatic carbocycles. The molecule has 6 heteroatoms. The predicted octanol–water partition coefficient (Wildman–Crippen LogP) is 3.45. The first-order valence-electron chi connectivity index (χ1n) is 8.78. The number of thiophene rings is 1. The van der Waals surface area contributed by atoms with E-state index in [9.17, 15) is 4.79 Å². The van der Waals surface area contributed by atoms with Gasteiger partial charge in [-0.25, -0.2) is 4.98 Å². The van der Waals surface area contributed by atoms with Crippen LogP contribution in [-0.4, -0.2) is 9.97 Å². The number of benzene rings is 1. The van der Waals surface area contributed by atoms with Crippen LogP contribution in [0.2, 0.25) is 0 Å². The normalized spacial score (nSPS) is 14.8. The Morgan fingerprint density at radius 3 is 2.88 bits per heavy atom. The van der Waals surface area contributed by atoms with Crippen molar-refractivity contribution in [2.45, 2.75) is 45.2 Å². The van der Waals surface area contributed by atoms with Gasteiger partial charge in [-0.1, -0.05) is 35.0 Å². The van der Waals surface area contributed by atoms with Crippen molar-refractivity contribution in [3.05, 3.63) is 60.9 Å². The lowest BCUT2D eigenvalue weighted by molar-refractivity contribution is -0.712. The van der Waals surface area contributed by atoms with Gasteiger partial charge in [0.05, 0.1) is 5.39 Å². The number of hydrogen-bond acceptors (Lipinski definition) is 3. The van der Waals surface area contributed by atoms with Gasteiger partial charge in [-0.15, -0.1) is 11.3 Å². The fraction of sp³-hybridized carbons (Fsp3) is 0.368. The van der Waals surface area contributed by atoms with E-state index in [2.05, 4.69) is 57.4 Å². The van der Waals surface area contributed by atoms with Crippen LogP contribution in [0.5, 0.6) is 0 Å². The van der Waals surface area contributed by atoms with E-state index in [0.717, 1.165) is 46.2 Å². The molecule has 0 amide bonds. The second-order valence-electron chi connectivity index (χ2n) is 6.56. The number of H-pyrrole nitrogens is 1. The summed E-state index contributed by atoms with van der Waals surface area (Å²) in [4.78, 5) is 22.5. The van der Waals surface area contributed by atoms with Crippen LogP contribution in [0.15, 0.2) is 33.5 Å². The second kappa shape index (κ2) is 7.02. The molecule has 130 valence electrons. The Kier molecular flexibility index (Phi) is 4.75. The lowest BCUT2D eigenvalue weighted by Crippen LogP contribution is -2.83. The molecular formula is C19H21BrN3OS+. The molecule has 25 heavy (non-hydrogen) atoms. The first-order chi connectivity index (χ1) is 12.2. The van der Waals surface area contributed by atoms with Crippen molar-refractivity contribution in [3.8, 4) is 0 Å². The quantitative estimate of drug-likeness (QED) is 0.666. The maximum atomic E-state index is 12.5. The maximum Gasteiger partial charge on any atom is 0.260 e. The summed E-state index contributed by atoms with van der Waals surface area (Å²) in [5.74, 6) is 0.771. The first-order valence-corrected chi connectivity index (χ1v) is 10.4. The number of nitrogens with one attached hydrogen (secondary N) is 1. The third-order valence-corrected chi connectivity index (χ3v) is 6.67. The molecule has 1 aromatic carbocycles. The van der Waals surface area contributed by atoms with Crippen LogP contribution in [0.25, 0.3) is 10.2 Å². The highest BCUT2D eigenvalue weighted by molar-refractivity contribution is 9.10. The summed E-state index contributed by atoms with van der Waals surface area (Å²) < 4.78 is 1.09. The number of quaternary nitrogens is 1. The molecule has 0 radical (unpaired) electrons. The van der Waals surface area contributed by atoms with Gasteiger partial charge in [0.25, 0.3) is 5.56 Å². The van der Waals surface area contributed by atoms with Crippen LogP contribution in [0.4, 0.5) is 0 Å². The van der Waals surface area contributed by atoms with E-state index in [1.165, 1.54) is 16.0 Å². The van der Waals surface area contributed by atoms with Crippen LogP contribution in [0, 0.1) is 0 Å². The predicted molar refractivity (Wildman–Crippen MR) is 105 cm³/mol. The monoisotopic (exact) mass is 418 g/mol. The minimum absolute atomic E-state index is 0.0319. The van der Waals surface area contributed by atoms with Crippen molar-refractivity contribution < 1.29 is 5.32 Å². The van der Waals surface area contributed by atoms with Crippen molar-refractivity contribution >= 4 is 37.5 Å². The van der Waals surface area contributed by atoms with Crippen LogP contribution >= 0.6 is 27.3 Å². The molecular weight excluding hydrogens is 398 g/mol. The van der Waals surface area contributed by atoms with Gasteiger partial charge in [-0.2, -0.15) is 0 Å². The number of aryl methyl sites for hydroxylation is 2. The summed E-state index contributed by atoms with van der Waals surface area (Å²) in [5, 5.41) is 3.09. The molecule has 2 aromatic heterocycles. The van der Waals surface area contributed by atoms with Gasteiger partial charge in [-0.3, -0.25) is 4.79 Å². The maximum absolute atomic E-state index is 12.5. The Balaban J connectivity index is 1.56. The summed E-state index contributed by atoms with van der Waals surface area (Å²) >= 11 is 5.19. The standard InChI is InChI=1S/C19H20BrN3OS/c1-2-14(11-6-8-12(20)9-7-11)21-10-16-22-18(24)17-13-4-3-5-15(13)25-19(17)23-16/h6-9,14,21H,2-5,10H2,1H3,(H,22,23,24)/p+1/t14-/m0/s1. The summed E-state index contributed by atoms with van der Waals surface area (Å²) in [6.07, 6.45) is 4.31. The van der Waals surface area contributed by atoms with E-state index < -0.39 is 0 Å². The highest BCUT2D eigenvalue weighted by Crippen LogP contribution is 2.34. The van der Waals surface area contributed by atoms with Crippen LogP contribution in [0.1, 0.15) is 47.6 Å². The van der Waals surface area contributed by atoms with Gasteiger partial charge in [-0.05, 0) is 37.0 Å². The fourth-order valence-electron chi connectivity index (χ4n) is 3.65. The summed E-state index contributed by atoms with van der Waals surface area (Å²) in [5.41, 5.74) is 2.57. The average Bonchev–Trinajstić information content (AvgIpc) is 3.17. The second-order valence-corrected chi connectivity index (χ2v) is 8.56. The number of rotatable bonds is 5. The third kappa shape index (κ3) is 3.30. The zero-order valence-electron chi connectivity index (χ0n) is 14.1. The van der Waals surface area contributed by atoms with E-state index in [-0.39, 0.29) is 5.56 Å². The van der Waals surface area contributed by atoms with E-state index >= 15 is 0 Å². The SMILES string of the molecule is CC[C@H]([NH2+]Cc1nc2sc3c(c2c(=O)[nH]1)CCC3)c1ccc(Br)cc1.